The number of rotatable bonds is 8. The van der Waals surface area contributed by atoms with Crippen LogP contribution in [0.1, 0.15) is 0 Å². The Balaban J connectivity index is 1.08. The van der Waals surface area contributed by atoms with Crippen molar-refractivity contribution in [2.45, 2.75) is 0 Å². The molecule has 0 aliphatic rings. The van der Waals surface area contributed by atoms with E-state index in [1.165, 1.54) is 38.4 Å². The van der Waals surface area contributed by atoms with E-state index in [0.717, 1.165) is 67.0 Å². The molecule has 0 atom stereocenters. The highest BCUT2D eigenvalue weighted by Gasteiger charge is 2.23. The first-order valence-electron chi connectivity index (χ1n) is 20.5. The highest BCUT2D eigenvalue weighted by molar-refractivity contribution is 6.28. The predicted molar refractivity (Wildman–Crippen MR) is 253 cm³/mol. The molecule has 11 aromatic rings. The number of nitrogens with zero attached hydrogens (tertiary/aromatic N) is 1. The fraction of sp³-hybridized carbons (Fsp3) is 0. The molecule has 0 amide bonds. The second-order valence-electron chi connectivity index (χ2n) is 15.3. The van der Waals surface area contributed by atoms with E-state index >= 15 is 0 Å². The molecule has 0 N–H and O–H groups in total. The van der Waals surface area contributed by atoms with Crippen LogP contribution in [-0.4, -0.2) is 0 Å². The smallest absolute Gasteiger partial charge is 0.143 e. The maximum absolute atomic E-state index is 7.10. The van der Waals surface area contributed by atoms with Crippen LogP contribution in [-0.2, 0) is 0 Å². The standard InChI is InChI=1S/C58H39NO/c1-5-16-40(17-6-1)42-28-33-48(34-29-42)59(49-35-30-43(31-36-49)41-18-7-2-8-19-41)50-25-15-24-46(38-50)47-32-37-52-51-26-13-14-27-53(51)56-55(44-20-9-3-10-21-44)57(45-22-11-4-12-23-45)60-58(56)54(52)39-47/h1-39H. The Morgan fingerprint density at radius 2 is 0.700 bits per heavy atom. The SMILES string of the molecule is c1ccc(-c2ccc(N(c3ccc(-c4ccccc4)cc3)c3cccc(-c4ccc5c6ccccc6c6c(-c7ccccc7)c(-c7ccccc7)oc6c5c4)c3)cc2)cc1. The lowest BCUT2D eigenvalue weighted by molar-refractivity contribution is 0.636. The van der Waals surface area contributed by atoms with Crippen LogP contribution in [0, 0.1) is 0 Å². The van der Waals surface area contributed by atoms with Crippen molar-refractivity contribution >= 4 is 49.6 Å². The number of hydrogen-bond donors (Lipinski definition) is 0. The molecular formula is C58H39NO. The minimum absolute atomic E-state index is 0.883. The third-order valence-electron chi connectivity index (χ3n) is 11.7. The third-order valence-corrected chi connectivity index (χ3v) is 11.7. The number of fused-ring (bicyclic) bond motifs is 6. The highest BCUT2D eigenvalue weighted by Crippen LogP contribution is 2.48. The van der Waals surface area contributed by atoms with E-state index in [0.29, 0.717) is 0 Å². The van der Waals surface area contributed by atoms with Crippen molar-refractivity contribution in [2.24, 2.45) is 0 Å². The lowest BCUT2D eigenvalue weighted by Gasteiger charge is -2.26. The van der Waals surface area contributed by atoms with Gasteiger partial charge in [-0.25, -0.2) is 0 Å². The van der Waals surface area contributed by atoms with Gasteiger partial charge in [-0.1, -0.05) is 194 Å². The Morgan fingerprint density at radius 1 is 0.267 bits per heavy atom. The second-order valence-corrected chi connectivity index (χ2v) is 15.3. The molecule has 2 nitrogen and oxygen atoms in total. The molecule has 0 aliphatic carbocycles. The average molecular weight is 766 g/mol. The van der Waals surface area contributed by atoms with Gasteiger partial charge in [-0.15, -0.1) is 0 Å². The number of anilines is 3. The van der Waals surface area contributed by atoms with Gasteiger partial charge in [0.05, 0.1) is 0 Å². The van der Waals surface area contributed by atoms with E-state index in [2.05, 4.69) is 241 Å². The Bertz CT molecular complexity index is 3180. The maximum Gasteiger partial charge on any atom is 0.143 e. The van der Waals surface area contributed by atoms with E-state index in [4.69, 9.17) is 4.42 Å². The Hall–Kier alpha value is -7.94. The molecule has 0 saturated carbocycles. The van der Waals surface area contributed by atoms with Crippen LogP contribution in [0.5, 0.6) is 0 Å². The third kappa shape index (κ3) is 6.32. The predicted octanol–water partition coefficient (Wildman–Crippen LogP) is 16.5. The van der Waals surface area contributed by atoms with Crippen LogP contribution < -0.4 is 4.90 Å². The fourth-order valence-corrected chi connectivity index (χ4v) is 8.77. The molecule has 1 heterocycles. The molecule has 0 saturated heterocycles. The first-order valence-corrected chi connectivity index (χ1v) is 20.5. The van der Waals surface area contributed by atoms with Crippen LogP contribution in [0.15, 0.2) is 241 Å². The van der Waals surface area contributed by atoms with E-state index in [-0.39, 0.29) is 0 Å². The topological polar surface area (TPSA) is 16.4 Å². The zero-order valence-corrected chi connectivity index (χ0v) is 32.9. The van der Waals surface area contributed by atoms with Gasteiger partial charge in [0.25, 0.3) is 0 Å². The molecule has 0 fully saturated rings. The molecule has 0 unspecified atom stereocenters. The van der Waals surface area contributed by atoms with E-state index in [9.17, 15) is 0 Å². The summed E-state index contributed by atoms with van der Waals surface area (Å²) in [7, 11) is 0. The first kappa shape index (κ1) is 35.2. The summed E-state index contributed by atoms with van der Waals surface area (Å²) < 4.78 is 7.10. The zero-order chi connectivity index (χ0) is 39.8. The van der Waals surface area contributed by atoms with Crippen LogP contribution >= 0.6 is 0 Å². The molecule has 2 heteroatoms. The first-order chi connectivity index (χ1) is 29.8. The Labute approximate surface area is 349 Å². The molecule has 10 aromatic carbocycles. The fourth-order valence-electron chi connectivity index (χ4n) is 8.77. The van der Waals surface area contributed by atoms with Gasteiger partial charge in [0.2, 0.25) is 0 Å². The van der Waals surface area contributed by atoms with Crippen molar-refractivity contribution in [3.05, 3.63) is 237 Å². The molecule has 0 aliphatic heterocycles. The van der Waals surface area contributed by atoms with Crippen LogP contribution in [0.2, 0.25) is 0 Å². The van der Waals surface area contributed by atoms with Crippen molar-refractivity contribution < 1.29 is 4.42 Å². The average Bonchev–Trinajstić information content (AvgIpc) is 3.75. The molecule has 282 valence electrons. The van der Waals surface area contributed by atoms with Crippen molar-refractivity contribution in [3.8, 4) is 55.8 Å². The lowest BCUT2D eigenvalue weighted by Crippen LogP contribution is -2.10. The van der Waals surface area contributed by atoms with Gasteiger partial charge in [0, 0.05) is 39.0 Å². The summed E-state index contributed by atoms with van der Waals surface area (Å²) in [4.78, 5) is 2.35. The summed E-state index contributed by atoms with van der Waals surface area (Å²) in [6, 6.07) is 84.5. The zero-order valence-electron chi connectivity index (χ0n) is 32.9. The van der Waals surface area contributed by atoms with Crippen molar-refractivity contribution in [1.82, 2.24) is 0 Å². The normalized spacial score (nSPS) is 11.3. The van der Waals surface area contributed by atoms with E-state index in [1.54, 1.807) is 0 Å². The van der Waals surface area contributed by atoms with Crippen LogP contribution in [0.25, 0.3) is 88.3 Å². The summed E-state index contributed by atoms with van der Waals surface area (Å²) in [5, 5.41) is 5.80. The van der Waals surface area contributed by atoms with E-state index in [1.807, 2.05) is 0 Å². The van der Waals surface area contributed by atoms with Crippen molar-refractivity contribution in [3.63, 3.8) is 0 Å². The van der Waals surface area contributed by atoms with Gasteiger partial charge in [-0.2, -0.15) is 0 Å². The van der Waals surface area contributed by atoms with Crippen LogP contribution in [0.3, 0.4) is 0 Å². The van der Waals surface area contributed by atoms with Gasteiger partial charge in [0.15, 0.2) is 0 Å². The maximum atomic E-state index is 7.10. The highest BCUT2D eigenvalue weighted by atomic mass is 16.3. The van der Waals surface area contributed by atoms with E-state index < -0.39 is 0 Å². The van der Waals surface area contributed by atoms with Crippen molar-refractivity contribution in [1.29, 1.82) is 0 Å². The molecule has 0 radical (unpaired) electrons. The minimum atomic E-state index is 0.883. The summed E-state index contributed by atoms with van der Waals surface area (Å²) in [5.74, 6) is 0.883. The summed E-state index contributed by atoms with van der Waals surface area (Å²) in [6.45, 7) is 0. The molecule has 60 heavy (non-hydrogen) atoms. The van der Waals surface area contributed by atoms with Crippen molar-refractivity contribution in [2.75, 3.05) is 4.90 Å². The second kappa shape index (κ2) is 15.1. The summed E-state index contributed by atoms with van der Waals surface area (Å²) in [5.41, 5.74) is 14.5. The lowest BCUT2D eigenvalue weighted by atomic mass is 9.91. The molecule has 0 spiro atoms. The summed E-state index contributed by atoms with van der Waals surface area (Å²) >= 11 is 0. The van der Waals surface area contributed by atoms with Gasteiger partial charge in [-0.05, 0) is 97.6 Å². The Morgan fingerprint density at radius 3 is 1.28 bits per heavy atom. The molecule has 1 aromatic heterocycles. The molecule has 11 rings (SSSR count). The number of furan rings is 1. The molecule has 0 bridgehead atoms. The minimum Gasteiger partial charge on any atom is -0.455 e. The summed E-state index contributed by atoms with van der Waals surface area (Å²) in [6.07, 6.45) is 0. The van der Waals surface area contributed by atoms with Gasteiger partial charge in [-0.3, -0.25) is 0 Å². The number of hydrogen-bond acceptors (Lipinski definition) is 2. The largest absolute Gasteiger partial charge is 0.455 e. The number of benzene rings is 10. The van der Waals surface area contributed by atoms with Gasteiger partial charge in [0.1, 0.15) is 11.3 Å². The van der Waals surface area contributed by atoms with Gasteiger partial charge >= 0.3 is 0 Å². The quantitative estimate of drug-likeness (QED) is 0.143. The van der Waals surface area contributed by atoms with Gasteiger partial charge < -0.3 is 9.32 Å². The monoisotopic (exact) mass is 765 g/mol. The van der Waals surface area contributed by atoms with Crippen LogP contribution in [0.4, 0.5) is 17.1 Å². The Kier molecular flexibility index (Phi) is 8.87. The molecular weight excluding hydrogens is 727 g/mol.